The molecule has 1 amide bonds. The van der Waals surface area contributed by atoms with Crippen LogP contribution in [-0.2, 0) is 4.79 Å². The molecular formula is C42H71NO3. The number of nitrogens with one attached hydrogen (secondary N) is 1. The van der Waals surface area contributed by atoms with E-state index < -0.39 is 12.1 Å². The molecule has 0 fully saturated rings. The average molecular weight is 638 g/mol. The Labute approximate surface area is 284 Å². The van der Waals surface area contributed by atoms with Crippen molar-refractivity contribution >= 4 is 5.91 Å². The fourth-order valence-corrected chi connectivity index (χ4v) is 5.02. The molecule has 0 radical (unpaired) electrons. The van der Waals surface area contributed by atoms with Crippen molar-refractivity contribution in [2.24, 2.45) is 0 Å². The summed E-state index contributed by atoms with van der Waals surface area (Å²) >= 11 is 0. The molecule has 2 atom stereocenters. The van der Waals surface area contributed by atoms with Crippen LogP contribution in [0.1, 0.15) is 155 Å². The molecule has 0 aromatic rings. The van der Waals surface area contributed by atoms with Crippen LogP contribution in [0.4, 0.5) is 0 Å². The van der Waals surface area contributed by atoms with Crippen LogP contribution in [0.2, 0.25) is 0 Å². The van der Waals surface area contributed by atoms with Crippen LogP contribution in [-0.4, -0.2) is 34.9 Å². The highest BCUT2D eigenvalue weighted by Gasteiger charge is 2.17. The molecule has 0 rings (SSSR count). The fraction of sp³-hybridized carbons (Fsp3) is 0.643. The van der Waals surface area contributed by atoms with Gasteiger partial charge in [0.1, 0.15) is 0 Å². The first-order valence-corrected chi connectivity index (χ1v) is 18.8. The van der Waals surface area contributed by atoms with Crippen molar-refractivity contribution in [3.63, 3.8) is 0 Å². The van der Waals surface area contributed by atoms with Crippen LogP contribution in [0.15, 0.2) is 85.1 Å². The standard InChI is InChI=1S/C42H71NO3/c1-3-5-7-9-11-13-15-17-19-20-21-22-24-26-28-30-32-34-36-38-42(46)43-40(39-44)41(45)37-35-33-31-29-27-25-23-18-16-14-12-10-8-6-4-2/h5,7,11,13,17,19,21-22,26,28,32,34-35,37,40-41,44-45H,3-4,6,8-10,12,14-16,18,20,23-25,27,29-31,33,36,38-39H2,1-2H3,(H,43,46)/b7-5-,13-11-,19-17-,22-21-,28-26-,34-32-,37-35+. The summed E-state index contributed by atoms with van der Waals surface area (Å²) in [5.41, 5.74) is 0. The van der Waals surface area contributed by atoms with Crippen molar-refractivity contribution in [2.45, 2.75) is 167 Å². The lowest BCUT2D eigenvalue weighted by Gasteiger charge is -2.19. The number of carbonyl (C=O) groups is 1. The Kier molecular flexibility index (Phi) is 35.1. The maximum Gasteiger partial charge on any atom is 0.220 e. The quantitative estimate of drug-likeness (QED) is 0.0508. The summed E-state index contributed by atoms with van der Waals surface area (Å²) in [5.74, 6) is -0.150. The lowest BCUT2D eigenvalue weighted by Crippen LogP contribution is -2.45. The molecule has 0 aliphatic rings. The lowest BCUT2D eigenvalue weighted by atomic mass is 10.0. The van der Waals surface area contributed by atoms with Crippen LogP contribution < -0.4 is 5.32 Å². The van der Waals surface area contributed by atoms with Gasteiger partial charge in [0.25, 0.3) is 0 Å². The zero-order valence-corrected chi connectivity index (χ0v) is 29.8. The summed E-state index contributed by atoms with van der Waals surface area (Å²) in [6.45, 7) is 4.14. The number of rotatable bonds is 32. The zero-order valence-electron chi connectivity index (χ0n) is 29.8. The fourth-order valence-electron chi connectivity index (χ4n) is 5.02. The molecule has 4 heteroatoms. The first kappa shape index (κ1) is 43.6. The van der Waals surface area contributed by atoms with Gasteiger partial charge in [-0.15, -0.1) is 0 Å². The number of hydrogen-bond acceptors (Lipinski definition) is 3. The van der Waals surface area contributed by atoms with Crippen molar-refractivity contribution in [3.8, 4) is 0 Å². The molecule has 0 aliphatic heterocycles. The summed E-state index contributed by atoms with van der Waals surface area (Å²) in [6, 6.07) is -0.666. The predicted molar refractivity (Wildman–Crippen MR) is 202 cm³/mol. The van der Waals surface area contributed by atoms with Crippen LogP contribution >= 0.6 is 0 Å². The van der Waals surface area contributed by atoms with E-state index in [1.54, 1.807) is 6.08 Å². The maximum atomic E-state index is 12.3. The highest BCUT2D eigenvalue weighted by molar-refractivity contribution is 5.76. The monoisotopic (exact) mass is 638 g/mol. The third kappa shape index (κ3) is 32.9. The minimum Gasteiger partial charge on any atom is -0.394 e. The SMILES string of the molecule is CC/C=C\C/C=C\C/C=C\C/C=C\C/C=C\C/C=C\CCC(=O)NC(CO)C(O)/C=C/CCCCCCCCCCCCCCC. The molecule has 0 saturated heterocycles. The smallest absolute Gasteiger partial charge is 0.220 e. The second-order valence-electron chi connectivity index (χ2n) is 12.3. The highest BCUT2D eigenvalue weighted by atomic mass is 16.3. The molecule has 0 aliphatic carbocycles. The van der Waals surface area contributed by atoms with Crippen molar-refractivity contribution in [3.05, 3.63) is 85.1 Å². The van der Waals surface area contributed by atoms with E-state index in [0.717, 1.165) is 51.4 Å². The minimum absolute atomic E-state index is 0.150. The van der Waals surface area contributed by atoms with Gasteiger partial charge in [0.05, 0.1) is 18.8 Å². The van der Waals surface area contributed by atoms with E-state index in [-0.39, 0.29) is 12.5 Å². The van der Waals surface area contributed by atoms with Crippen molar-refractivity contribution in [1.82, 2.24) is 5.32 Å². The summed E-state index contributed by atoms with van der Waals surface area (Å²) in [5, 5.41) is 22.8. The molecule has 262 valence electrons. The van der Waals surface area contributed by atoms with Crippen LogP contribution in [0.5, 0.6) is 0 Å². The van der Waals surface area contributed by atoms with Crippen LogP contribution in [0.3, 0.4) is 0 Å². The van der Waals surface area contributed by atoms with Gasteiger partial charge in [-0.3, -0.25) is 4.79 Å². The van der Waals surface area contributed by atoms with E-state index in [4.69, 9.17) is 0 Å². The third-order valence-electron chi connectivity index (χ3n) is 7.90. The van der Waals surface area contributed by atoms with Gasteiger partial charge in [-0.1, -0.05) is 176 Å². The highest BCUT2D eigenvalue weighted by Crippen LogP contribution is 2.13. The average Bonchev–Trinajstić information content (AvgIpc) is 3.06. The van der Waals surface area contributed by atoms with Gasteiger partial charge < -0.3 is 15.5 Å². The van der Waals surface area contributed by atoms with Gasteiger partial charge in [0, 0.05) is 6.42 Å². The molecule has 0 saturated carbocycles. The number of allylic oxidation sites excluding steroid dienone is 13. The molecule has 0 aromatic heterocycles. The largest absolute Gasteiger partial charge is 0.394 e. The van der Waals surface area contributed by atoms with E-state index in [2.05, 4.69) is 86.0 Å². The normalized spacial score (nSPS) is 14.1. The van der Waals surface area contributed by atoms with Gasteiger partial charge in [-0.05, 0) is 57.8 Å². The third-order valence-corrected chi connectivity index (χ3v) is 7.90. The Morgan fingerprint density at radius 1 is 0.543 bits per heavy atom. The molecule has 2 unspecified atom stereocenters. The number of hydrogen-bond donors (Lipinski definition) is 3. The molecular weight excluding hydrogens is 566 g/mol. The molecule has 0 spiro atoms. The van der Waals surface area contributed by atoms with E-state index in [1.807, 2.05) is 12.2 Å². The summed E-state index contributed by atoms with van der Waals surface area (Å²) in [4.78, 5) is 12.3. The summed E-state index contributed by atoms with van der Waals surface area (Å²) < 4.78 is 0. The molecule has 0 heterocycles. The topological polar surface area (TPSA) is 69.6 Å². The van der Waals surface area contributed by atoms with E-state index >= 15 is 0 Å². The minimum atomic E-state index is -0.873. The summed E-state index contributed by atoms with van der Waals surface area (Å²) in [7, 11) is 0. The Hall–Kier alpha value is -2.43. The van der Waals surface area contributed by atoms with Crippen molar-refractivity contribution in [2.75, 3.05) is 6.61 Å². The van der Waals surface area contributed by atoms with Gasteiger partial charge in [0.2, 0.25) is 5.91 Å². The van der Waals surface area contributed by atoms with Gasteiger partial charge in [-0.2, -0.15) is 0 Å². The molecule has 46 heavy (non-hydrogen) atoms. The maximum absolute atomic E-state index is 12.3. The second kappa shape index (κ2) is 37.0. The number of amides is 1. The van der Waals surface area contributed by atoms with Crippen LogP contribution in [0.25, 0.3) is 0 Å². The molecule has 0 bridgehead atoms. The number of aliphatic hydroxyl groups excluding tert-OH is 2. The molecule has 4 nitrogen and oxygen atoms in total. The van der Waals surface area contributed by atoms with E-state index in [9.17, 15) is 15.0 Å². The predicted octanol–water partition coefficient (Wildman–Crippen LogP) is 11.3. The zero-order chi connectivity index (χ0) is 33.6. The Balaban J connectivity index is 3.81. The van der Waals surface area contributed by atoms with E-state index in [1.165, 1.54) is 77.0 Å². The van der Waals surface area contributed by atoms with Crippen LogP contribution in [0, 0.1) is 0 Å². The number of unbranched alkanes of at least 4 members (excludes halogenated alkanes) is 13. The molecule has 0 aromatic carbocycles. The molecule has 3 N–H and O–H groups in total. The Morgan fingerprint density at radius 2 is 0.957 bits per heavy atom. The first-order chi connectivity index (χ1) is 22.7. The van der Waals surface area contributed by atoms with Gasteiger partial charge in [0.15, 0.2) is 0 Å². The first-order valence-electron chi connectivity index (χ1n) is 18.8. The van der Waals surface area contributed by atoms with Gasteiger partial charge >= 0.3 is 0 Å². The van der Waals surface area contributed by atoms with Crippen molar-refractivity contribution < 1.29 is 15.0 Å². The summed E-state index contributed by atoms with van der Waals surface area (Å²) in [6.07, 6.45) is 53.9. The number of aliphatic hydroxyl groups is 2. The number of carbonyl (C=O) groups excluding carboxylic acids is 1. The Bertz CT molecular complexity index is 864. The second-order valence-corrected chi connectivity index (χ2v) is 12.3. The van der Waals surface area contributed by atoms with Crippen molar-refractivity contribution in [1.29, 1.82) is 0 Å². The van der Waals surface area contributed by atoms with Gasteiger partial charge in [-0.25, -0.2) is 0 Å². The van der Waals surface area contributed by atoms with E-state index in [0.29, 0.717) is 12.8 Å². The lowest BCUT2D eigenvalue weighted by molar-refractivity contribution is -0.122. The Morgan fingerprint density at radius 3 is 1.39 bits per heavy atom.